The molecule has 1 aliphatic heterocycles. The zero-order valence-corrected chi connectivity index (χ0v) is 7.41. The van der Waals surface area contributed by atoms with E-state index < -0.39 is 15.2 Å². The monoisotopic (exact) mass is 185 g/mol. The Bertz CT molecular complexity index is 202. The molecule has 0 bridgehead atoms. The van der Waals surface area contributed by atoms with Crippen LogP contribution in [0.25, 0.3) is 0 Å². The van der Waals surface area contributed by atoms with E-state index in [1.54, 1.807) is 0 Å². The molecule has 0 aromatic carbocycles. The molecule has 3 nitrogen and oxygen atoms in total. The molecule has 1 saturated heterocycles. The van der Waals surface area contributed by atoms with Gasteiger partial charge >= 0.3 is 0 Å². The predicted molar refractivity (Wildman–Crippen MR) is 42.8 cm³/mol. The number of halogens is 1. The fourth-order valence-electron chi connectivity index (χ4n) is 1.00. The van der Waals surface area contributed by atoms with Crippen LogP contribution in [0.1, 0.15) is 13.3 Å². The molecule has 10 heavy (non-hydrogen) atoms. The topological polar surface area (TPSA) is 60.2 Å². The van der Waals surface area contributed by atoms with E-state index in [4.69, 9.17) is 5.73 Å². The summed E-state index contributed by atoms with van der Waals surface area (Å²) in [6.07, 6.45) is 0.726. The highest BCUT2D eigenvalue weighted by atomic mass is 35.5. The van der Waals surface area contributed by atoms with E-state index in [1.165, 1.54) is 0 Å². The minimum Gasteiger partial charge on any atom is -0.315 e. The highest BCUT2D eigenvalue weighted by Gasteiger charge is 2.33. The second kappa shape index (κ2) is 3.07. The van der Waals surface area contributed by atoms with Crippen molar-refractivity contribution in [1.29, 1.82) is 0 Å². The Hall–Kier alpha value is 0.200. The lowest BCUT2D eigenvalue weighted by atomic mass is 10.1. The maximum absolute atomic E-state index is 10.8. The third-order valence-electron chi connectivity index (χ3n) is 1.83. The van der Waals surface area contributed by atoms with E-state index in [1.807, 2.05) is 6.92 Å². The summed E-state index contributed by atoms with van der Waals surface area (Å²) in [7, 11) is -2.90. The number of sulfone groups is 1. The highest BCUT2D eigenvalue weighted by molar-refractivity contribution is 7.92. The molecule has 62 valence electrons. The first kappa shape index (κ1) is 10.2. The SMILES string of the molecule is CC1CCS(=O)(=O)C1N.Cl. The van der Waals surface area contributed by atoms with Crippen molar-refractivity contribution >= 4 is 22.2 Å². The molecule has 0 aliphatic carbocycles. The highest BCUT2D eigenvalue weighted by Crippen LogP contribution is 2.21. The second-order valence-electron chi connectivity index (χ2n) is 2.60. The first-order valence-electron chi connectivity index (χ1n) is 3.01. The third-order valence-corrected chi connectivity index (χ3v) is 3.93. The smallest absolute Gasteiger partial charge is 0.166 e. The van der Waals surface area contributed by atoms with Gasteiger partial charge in [0.1, 0.15) is 5.37 Å². The van der Waals surface area contributed by atoms with Gasteiger partial charge in [0.2, 0.25) is 0 Å². The van der Waals surface area contributed by atoms with Crippen LogP contribution in [0.5, 0.6) is 0 Å². The van der Waals surface area contributed by atoms with Crippen LogP contribution >= 0.6 is 12.4 Å². The summed E-state index contributed by atoms with van der Waals surface area (Å²) in [4.78, 5) is 0. The van der Waals surface area contributed by atoms with Crippen molar-refractivity contribution in [1.82, 2.24) is 0 Å². The molecule has 0 saturated carbocycles. The number of hydrogen-bond donors (Lipinski definition) is 1. The Morgan fingerprint density at radius 2 is 2.00 bits per heavy atom. The largest absolute Gasteiger partial charge is 0.315 e. The summed E-state index contributed by atoms with van der Waals surface area (Å²) >= 11 is 0. The van der Waals surface area contributed by atoms with Gasteiger partial charge in [-0.1, -0.05) is 6.92 Å². The fourth-order valence-corrected chi connectivity index (χ4v) is 2.82. The first-order valence-corrected chi connectivity index (χ1v) is 4.73. The Morgan fingerprint density at radius 1 is 1.50 bits per heavy atom. The lowest BCUT2D eigenvalue weighted by Gasteiger charge is -2.05. The Morgan fingerprint density at radius 3 is 2.10 bits per heavy atom. The van der Waals surface area contributed by atoms with Crippen LogP contribution in [-0.2, 0) is 9.84 Å². The quantitative estimate of drug-likeness (QED) is 0.585. The number of rotatable bonds is 0. The normalized spacial score (nSPS) is 37.0. The van der Waals surface area contributed by atoms with Crippen molar-refractivity contribution in [2.45, 2.75) is 18.7 Å². The van der Waals surface area contributed by atoms with Crippen LogP contribution in [0.3, 0.4) is 0 Å². The molecule has 0 amide bonds. The summed E-state index contributed by atoms with van der Waals surface area (Å²) < 4.78 is 21.7. The Balaban J connectivity index is 0.000000810. The van der Waals surface area contributed by atoms with Gasteiger partial charge in [0.25, 0.3) is 0 Å². The average molecular weight is 186 g/mol. The molecule has 0 radical (unpaired) electrons. The Kier molecular flexibility index (Phi) is 3.13. The van der Waals surface area contributed by atoms with Crippen molar-refractivity contribution in [3.63, 3.8) is 0 Å². The van der Waals surface area contributed by atoms with E-state index in [2.05, 4.69) is 0 Å². The van der Waals surface area contributed by atoms with E-state index in [-0.39, 0.29) is 24.1 Å². The summed E-state index contributed by atoms with van der Waals surface area (Å²) in [5.41, 5.74) is 5.37. The average Bonchev–Trinajstić information content (AvgIpc) is 1.97. The second-order valence-corrected chi connectivity index (χ2v) is 4.88. The maximum atomic E-state index is 10.8. The van der Waals surface area contributed by atoms with E-state index >= 15 is 0 Å². The van der Waals surface area contributed by atoms with Gasteiger partial charge in [-0.3, -0.25) is 0 Å². The van der Waals surface area contributed by atoms with Crippen molar-refractivity contribution in [3.05, 3.63) is 0 Å². The molecule has 2 N–H and O–H groups in total. The van der Waals surface area contributed by atoms with Crippen LogP contribution < -0.4 is 5.73 Å². The van der Waals surface area contributed by atoms with Crippen LogP contribution in [0.15, 0.2) is 0 Å². The zero-order chi connectivity index (χ0) is 7.07. The van der Waals surface area contributed by atoms with Gasteiger partial charge in [0.05, 0.1) is 5.75 Å². The van der Waals surface area contributed by atoms with E-state index in [0.717, 1.165) is 6.42 Å². The predicted octanol–water partition coefficient (Wildman–Crippen LogP) is 0.148. The van der Waals surface area contributed by atoms with Crippen molar-refractivity contribution in [2.75, 3.05) is 5.75 Å². The van der Waals surface area contributed by atoms with Gasteiger partial charge in [0, 0.05) is 0 Å². The standard InChI is InChI=1S/C5H11NO2S.ClH/c1-4-2-3-9(7,8)5(4)6;/h4-5H,2-3,6H2,1H3;1H. The fraction of sp³-hybridized carbons (Fsp3) is 1.00. The minimum absolute atomic E-state index is 0. The number of nitrogens with two attached hydrogens (primary N) is 1. The summed E-state index contributed by atoms with van der Waals surface area (Å²) in [5.74, 6) is 0.421. The van der Waals surface area contributed by atoms with Gasteiger partial charge in [-0.15, -0.1) is 12.4 Å². The van der Waals surface area contributed by atoms with Gasteiger partial charge in [-0.2, -0.15) is 0 Å². The van der Waals surface area contributed by atoms with Gasteiger partial charge < -0.3 is 5.73 Å². The molecule has 2 unspecified atom stereocenters. The third kappa shape index (κ3) is 1.62. The van der Waals surface area contributed by atoms with Crippen LogP contribution in [0, 0.1) is 5.92 Å². The molecule has 2 atom stereocenters. The lowest BCUT2D eigenvalue weighted by Crippen LogP contribution is -2.30. The molecule has 1 fully saturated rings. The molecule has 1 aliphatic rings. The molecule has 1 heterocycles. The molecular weight excluding hydrogens is 174 g/mol. The lowest BCUT2D eigenvalue weighted by molar-refractivity contribution is 0.549. The first-order chi connectivity index (χ1) is 4.04. The molecule has 0 spiro atoms. The van der Waals surface area contributed by atoms with Crippen molar-refractivity contribution in [3.8, 4) is 0 Å². The summed E-state index contributed by atoms with van der Waals surface area (Å²) in [6, 6.07) is 0. The molecule has 1 rings (SSSR count). The molecule has 5 heteroatoms. The zero-order valence-electron chi connectivity index (χ0n) is 5.78. The molecule has 0 aromatic rings. The maximum Gasteiger partial charge on any atom is 0.166 e. The number of hydrogen-bond acceptors (Lipinski definition) is 3. The van der Waals surface area contributed by atoms with Gasteiger partial charge in [-0.05, 0) is 12.3 Å². The molecule has 0 aromatic heterocycles. The van der Waals surface area contributed by atoms with Crippen LogP contribution in [0.2, 0.25) is 0 Å². The molecular formula is C5H12ClNO2S. The van der Waals surface area contributed by atoms with Crippen LogP contribution in [0.4, 0.5) is 0 Å². The van der Waals surface area contributed by atoms with Gasteiger partial charge in [-0.25, -0.2) is 8.42 Å². The van der Waals surface area contributed by atoms with Gasteiger partial charge in [0.15, 0.2) is 9.84 Å². The summed E-state index contributed by atoms with van der Waals surface area (Å²) in [5, 5.41) is -0.600. The van der Waals surface area contributed by atoms with Crippen LogP contribution in [-0.4, -0.2) is 19.5 Å². The Labute approximate surface area is 67.3 Å². The van der Waals surface area contributed by atoms with Crippen molar-refractivity contribution < 1.29 is 8.42 Å². The summed E-state index contributed by atoms with van der Waals surface area (Å²) in [6.45, 7) is 1.87. The minimum atomic E-state index is -2.90. The van der Waals surface area contributed by atoms with E-state index in [9.17, 15) is 8.42 Å². The van der Waals surface area contributed by atoms with E-state index in [0.29, 0.717) is 0 Å². The van der Waals surface area contributed by atoms with Crippen molar-refractivity contribution in [2.24, 2.45) is 11.7 Å².